The van der Waals surface area contributed by atoms with Crippen LogP contribution in [0.4, 0.5) is 0 Å². The number of carbonyl (C=O) groups excluding carboxylic acids is 2. The van der Waals surface area contributed by atoms with Crippen molar-refractivity contribution in [3.8, 4) is 11.5 Å². The molecule has 0 N–H and O–H groups in total. The number of benzene rings is 1. The number of piperidine rings is 2. The van der Waals surface area contributed by atoms with E-state index in [9.17, 15) is 9.59 Å². The first-order valence-corrected chi connectivity index (χ1v) is 10.5. The van der Waals surface area contributed by atoms with E-state index in [0.717, 1.165) is 63.2 Å². The van der Waals surface area contributed by atoms with E-state index in [1.54, 1.807) is 7.11 Å². The van der Waals surface area contributed by atoms with Gasteiger partial charge in [-0.25, -0.2) is 0 Å². The highest BCUT2D eigenvalue weighted by Gasteiger charge is 2.24. The van der Waals surface area contributed by atoms with Crippen LogP contribution in [-0.2, 0) is 9.59 Å². The Hall–Kier alpha value is -2.24. The molecule has 0 spiro atoms. The van der Waals surface area contributed by atoms with Crippen molar-refractivity contribution in [3.63, 3.8) is 0 Å². The summed E-state index contributed by atoms with van der Waals surface area (Å²) in [6, 6.07) is 7.59. The number of amides is 2. The molecule has 2 aliphatic heterocycles. The van der Waals surface area contributed by atoms with Crippen molar-refractivity contribution >= 4 is 11.8 Å². The molecule has 1 atom stereocenters. The molecule has 0 bridgehead atoms. The van der Waals surface area contributed by atoms with Gasteiger partial charge in [0.2, 0.25) is 11.8 Å². The molecule has 0 aromatic heterocycles. The van der Waals surface area contributed by atoms with Crippen LogP contribution < -0.4 is 9.47 Å². The summed E-state index contributed by atoms with van der Waals surface area (Å²) in [5.41, 5.74) is 0. The molecule has 1 aromatic carbocycles. The normalized spacial score (nSPS) is 20.2. The standard InChI is InChI=1S/C22H32N2O4/c1-27-19-9-11-20(12-10-19)28-17-18-6-4-15-24(16-18)22(26)8-5-14-23-13-3-2-7-21(23)25/h9-12,18H,2-8,13-17H2,1H3/t18-/m1/s1. The Morgan fingerprint density at radius 2 is 1.89 bits per heavy atom. The Bertz CT molecular complexity index is 646. The minimum Gasteiger partial charge on any atom is -0.497 e. The van der Waals surface area contributed by atoms with Gasteiger partial charge in [0, 0.05) is 44.9 Å². The molecule has 1 aromatic rings. The number of carbonyl (C=O) groups is 2. The number of methoxy groups -OCH3 is 1. The first-order chi connectivity index (χ1) is 13.7. The second-order valence-corrected chi connectivity index (χ2v) is 7.78. The third-order valence-electron chi connectivity index (χ3n) is 5.66. The Labute approximate surface area is 167 Å². The molecule has 28 heavy (non-hydrogen) atoms. The molecule has 6 nitrogen and oxygen atoms in total. The minimum absolute atomic E-state index is 0.207. The molecule has 2 aliphatic rings. The Balaban J connectivity index is 1.38. The minimum atomic E-state index is 0.207. The van der Waals surface area contributed by atoms with E-state index >= 15 is 0 Å². The fourth-order valence-electron chi connectivity index (χ4n) is 3.99. The van der Waals surface area contributed by atoms with Gasteiger partial charge in [-0.05, 0) is 56.4 Å². The van der Waals surface area contributed by atoms with Crippen molar-refractivity contribution in [1.29, 1.82) is 0 Å². The fraction of sp³-hybridized carbons (Fsp3) is 0.636. The quantitative estimate of drug-likeness (QED) is 0.687. The van der Waals surface area contributed by atoms with Crippen molar-refractivity contribution < 1.29 is 19.1 Å². The molecule has 0 unspecified atom stereocenters. The third kappa shape index (κ3) is 5.88. The van der Waals surface area contributed by atoms with Gasteiger partial charge in [-0.3, -0.25) is 9.59 Å². The van der Waals surface area contributed by atoms with Crippen LogP contribution in [0.15, 0.2) is 24.3 Å². The van der Waals surface area contributed by atoms with Gasteiger partial charge in [-0.1, -0.05) is 0 Å². The van der Waals surface area contributed by atoms with E-state index in [1.807, 2.05) is 34.1 Å². The monoisotopic (exact) mass is 388 g/mol. The predicted molar refractivity (Wildman–Crippen MR) is 107 cm³/mol. The molecular formula is C22H32N2O4. The van der Waals surface area contributed by atoms with Crippen LogP contribution in [0.2, 0.25) is 0 Å². The average Bonchev–Trinajstić information content (AvgIpc) is 2.74. The largest absolute Gasteiger partial charge is 0.497 e. The number of hydrogen-bond donors (Lipinski definition) is 0. The second kappa shape index (κ2) is 10.3. The molecule has 3 rings (SSSR count). The van der Waals surface area contributed by atoms with Gasteiger partial charge in [0.15, 0.2) is 0 Å². The summed E-state index contributed by atoms with van der Waals surface area (Å²) in [4.78, 5) is 28.3. The molecule has 0 aliphatic carbocycles. The number of hydrogen-bond acceptors (Lipinski definition) is 4. The maximum atomic E-state index is 12.6. The Morgan fingerprint density at radius 1 is 1.11 bits per heavy atom. The van der Waals surface area contributed by atoms with E-state index in [1.165, 1.54) is 0 Å². The molecular weight excluding hydrogens is 356 g/mol. The lowest BCUT2D eigenvalue weighted by atomic mass is 9.98. The molecule has 0 saturated carbocycles. The van der Waals surface area contributed by atoms with E-state index in [-0.39, 0.29) is 11.8 Å². The number of rotatable bonds is 8. The SMILES string of the molecule is COc1ccc(OC[C@@H]2CCCN(C(=O)CCCN3CCCCC3=O)C2)cc1. The highest BCUT2D eigenvalue weighted by Crippen LogP contribution is 2.21. The summed E-state index contributed by atoms with van der Waals surface area (Å²) in [5.74, 6) is 2.46. The number of nitrogens with zero attached hydrogens (tertiary/aromatic N) is 2. The summed E-state index contributed by atoms with van der Waals surface area (Å²) >= 11 is 0. The van der Waals surface area contributed by atoms with Gasteiger partial charge in [-0.15, -0.1) is 0 Å². The lowest BCUT2D eigenvalue weighted by Gasteiger charge is -2.33. The second-order valence-electron chi connectivity index (χ2n) is 7.78. The number of ether oxygens (including phenoxy) is 2. The van der Waals surface area contributed by atoms with Gasteiger partial charge in [-0.2, -0.15) is 0 Å². The van der Waals surface area contributed by atoms with E-state index in [0.29, 0.717) is 31.9 Å². The van der Waals surface area contributed by atoms with E-state index in [2.05, 4.69) is 0 Å². The Morgan fingerprint density at radius 3 is 2.64 bits per heavy atom. The topological polar surface area (TPSA) is 59.1 Å². The highest BCUT2D eigenvalue weighted by molar-refractivity contribution is 5.77. The van der Waals surface area contributed by atoms with Crippen LogP contribution in [0.25, 0.3) is 0 Å². The molecule has 0 radical (unpaired) electrons. The predicted octanol–water partition coefficient (Wildman–Crippen LogP) is 3.11. The zero-order valence-corrected chi connectivity index (χ0v) is 16.9. The highest BCUT2D eigenvalue weighted by atomic mass is 16.5. The average molecular weight is 389 g/mol. The summed E-state index contributed by atoms with van der Waals surface area (Å²) < 4.78 is 11.1. The smallest absolute Gasteiger partial charge is 0.222 e. The van der Waals surface area contributed by atoms with E-state index in [4.69, 9.17) is 9.47 Å². The van der Waals surface area contributed by atoms with Crippen molar-refractivity contribution in [2.45, 2.75) is 44.9 Å². The van der Waals surface area contributed by atoms with Crippen LogP contribution in [0.5, 0.6) is 11.5 Å². The molecule has 2 heterocycles. The van der Waals surface area contributed by atoms with Crippen LogP contribution in [0.1, 0.15) is 44.9 Å². The van der Waals surface area contributed by atoms with E-state index < -0.39 is 0 Å². The molecule has 2 fully saturated rings. The lowest BCUT2D eigenvalue weighted by molar-refractivity contribution is -0.136. The molecule has 2 saturated heterocycles. The van der Waals surface area contributed by atoms with Crippen LogP contribution in [-0.4, -0.2) is 61.5 Å². The van der Waals surface area contributed by atoms with Crippen molar-refractivity contribution in [2.24, 2.45) is 5.92 Å². The summed E-state index contributed by atoms with van der Waals surface area (Å²) in [7, 11) is 1.65. The van der Waals surface area contributed by atoms with Gasteiger partial charge in [0.1, 0.15) is 11.5 Å². The molecule has 2 amide bonds. The molecule has 6 heteroatoms. The van der Waals surface area contributed by atoms with Gasteiger partial charge in [0.05, 0.1) is 13.7 Å². The first-order valence-electron chi connectivity index (χ1n) is 10.5. The first kappa shape index (κ1) is 20.5. The fourth-order valence-corrected chi connectivity index (χ4v) is 3.99. The van der Waals surface area contributed by atoms with Gasteiger partial charge >= 0.3 is 0 Å². The van der Waals surface area contributed by atoms with Gasteiger partial charge < -0.3 is 19.3 Å². The van der Waals surface area contributed by atoms with Crippen molar-refractivity contribution in [2.75, 3.05) is 39.9 Å². The van der Waals surface area contributed by atoms with Crippen molar-refractivity contribution in [3.05, 3.63) is 24.3 Å². The third-order valence-corrected chi connectivity index (χ3v) is 5.66. The lowest BCUT2D eigenvalue weighted by Crippen LogP contribution is -2.42. The summed E-state index contributed by atoms with van der Waals surface area (Å²) in [5, 5.41) is 0. The number of likely N-dealkylation sites (tertiary alicyclic amines) is 2. The van der Waals surface area contributed by atoms with Crippen LogP contribution >= 0.6 is 0 Å². The van der Waals surface area contributed by atoms with Gasteiger partial charge in [0.25, 0.3) is 0 Å². The van der Waals surface area contributed by atoms with Crippen molar-refractivity contribution in [1.82, 2.24) is 9.80 Å². The summed E-state index contributed by atoms with van der Waals surface area (Å²) in [6.45, 7) is 3.78. The maximum absolute atomic E-state index is 12.6. The van der Waals surface area contributed by atoms with Crippen LogP contribution in [0, 0.1) is 5.92 Å². The Kier molecular flexibility index (Phi) is 7.57. The zero-order valence-electron chi connectivity index (χ0n) is 16.9. The van der Waals surface area contributed by atoms with Crippen LogP contribution in [0.3, 0.4) is 0 Å². The zero-order chi connectivity index (χ0) is 19.8. The maximum Gasteiger partial charge on any atom is 0.222 e. The summed E-state index contributed by atoms with van der Waals surface area (Å²) in [6.07, 6.45) is 6.14. The molecule has 154 valence electrons.